The second-order valence-corrected chi connectivity index (χ2v) is 3.59. The lowest BCUT2D eigenvalue weighted by molar-refractivity contribution is 0.181. The average Bonchev–Trinajstić information content (AvgIpc) is 2.03. The number of aliphatic hydroxyl groups is 1. The molecular weight excluding hydrogens is 138 g/mol. The van der Waals surface area contributed by atoms with Crippen LogP contribution in [0.25, 0.3) is 0 Å². The first-order valence-electron chi connectivity index (χ1n) is 4.70. The van der Waals surface area contributed by atoms with Crippen LogP contribution in [0.15, 0.2) is 0 Å². The van der Waals surface area contributed by atoms with Gasteiger partial charge in [-0.25, -0.2) is 0 Å². The fourth-order valence-corrected chi connectivity index (χ4v) is 1.64. The lowest BCUT2D eigenvalue weighted by atomic mass is 9.95. The summed E-state index contributed by atoms with van der Waals surface area (Å²) in [4.78, 5) is 0. The minimum atomic E-state index is -0.197. The van der Waals surface area contributed by atoms with Crippen LogP contribution in [0.3, 0.4) is 0 Å². The van der Waals surface area contributed by atoms with Crippen molar-refractivity contribution in [3.8, 4) is 0 Å². The van der Waals surface area contributed by atoms with E-state index in [-0.39, 0.29) is 6.10 Å². The molecule has 0 aliphatic heterocycles. The van der Waals surface area contributed by atoms with Gasteiger partial charge in [-0.3, -0.25) is 0 Å². The highest BCUT2D eigenvalue weighted by Crippen LogP contribution is 2.16. The topological polar surface area (TPSA) is 32.3 Å². The predicted molar refractivity (Wildman–Crippen MR) is 46.6 cm³/mol. The second-order valence-electron chi connectivity index (χ2n) is 3.59. The summed E-state index contributed by atoms with van der Waals surface area (Å²) < 4.78 is 0. The normalized spacial score (nSPS) is 23.5. The van der Waals surface area contributed by atoms with Gasteiger partial charge in [0.15, 0.2) is 0 Å². The molecule has 0 amide bonds. The monoisotopic (exact) mass is 157 g/mol. The Kier molecular flexibility index (Phi) is 3.87. The Hall–Kier alpha value is -0.0800. The molecule has 1 aliphatic rings. The van der Waals surface area contributed by atoms with E-state index in [9.17, 15) is 0 Å². The van der Waals surface area contributed by atoms with Crippen LogP contribution in [0, 0.1) is 0 Å². The third kappa shape index (κ3) is 3.73. The third-order valence-electron chi connectivity index (χ3n) is 2.31. The Morgan fingerprint density at radius 2 is 2.00 bits per heavy atom. The van der Waals surface area contributed by atoms with Gasteiger partial charge in [0.05, 0.1) is 6.10 Å². The van der Waals surface area contributed by atoms with Gasteiger partial charge in [-0.2, -0.15) is 0 Å². The first-order chi connectivity index (χ1) is 5.29. The summed E-state index contributed by atoms with van der Waals surface area (Å²) in [6, 6.07) is 0.679. The van der Waals surface area contributed by atoms with Gasteiger partial charge >= 0.3 is 0 Å². The average molecular weight is 157 g/mol. The molecule has 2 nitrogen and oxygen atoms in total. The highest BCUT2D eigenvalue weighted by molar-refractivity contribution is 4.72. The lowest BCUT2D eigenvalue weighted by Crippen LogP contribution is -2.35. The molecule has 0 aromatic rings. The summed E-state index contributed by atoms with van der Waals surface area (Å²) in [6.07, 6.45) is 6.51. The summed E-state index contributed by atoms with van der Waals surface area (Å²) in [6.45, 7) is 2.58. The Morgan fingerprint density at radius 1 is 1.36 bits per heavy atom. The van der Waals surface area contributed by atoms with Crippen molar-refractivity contribution in [1.29, 1.82) is 0 Å². The van der Waals surface area contributed by atoms with Gasteiger partial charge in [0.25, 0.3) is 0 Å². The number of nitrogens with one attached hydrogen (secondary N) is 1. The van der Waals surface area contributed by atoms with Crippen molar-refractivity contribution in [3.63, 3.8) is 0 Å². The fraction of sp³-hybridized carbons (Fsp3) is 1.00. The molecule has 1 aliphatic carbocycles. The standard InChI is InChI=1S/C9H19NO/c1-8(11)7-10-9-5-3-2-4-6-9/h8-11H,2-7H2,1H3/t8-/m1/s1. The molecular formula is C9H19NO. The van der Waals surface area contributed by atoms with Crippen LogP contribution in [-0.4, -0.2) is 23.8 Å². The molecule has 66 valence electrons. The Balaban J connectivity index is 2.05. The molecule has 1 atom stereocenters. The zero-order valence-electron chi connectivity index (χ0n) is 7.34. The summed E-state index contributed by atoms with van der Waals surface area (Å²) in [7, 11) is 0. The van der Waals surface area contributed by atoms with Crippen molar-refractivity contribution in [2.75, 3.05) is 6.54 Å². The van der Waals surface area contributed by atoms with Crippen molar-refractivity contribution in [3.05, 3.63) is 0 Å². The number of aliphatic hydroxyl groups excluding tert-OH is 1. The van der Waals surface area contributed by atoms with Gasteiger partial charge in [0.1, 0.15) is 0 Å². The van der Waals surface area contributed by atoms with Gasteiger partial charge in [0.2, 0.25) is 0 Å². The van der Waals surface area contributed by atoms with Crippen LogP contribution in [0.2, 0.25) is 0 Å². The molecule has 0 radical (unpaired) electrons. The Labute approximate surface area is 69.0 Å². The Morgan fingerprint density at radius 3 is 2.55 bits per heavy atom. The molecule has 1 saturated carbocycles. The quantitative estimate of drug-likeness (QED) is 0.647. The van der Waals surface area contributed by atoms with Gasteiger partial charge < -0.3 is 10.4 Å². The molecule has 0 heterocycles. The molecule has 0 bridgehead atoms. The van der Waals surface area contributed by atoms with Crippen LogP contribution in [0.4, 0.5) is 0 Å². The van der Waals surface area contributed by atoms with Gasteiger partial charge in [-0.15, -0.1) is 0 Å². The van der Waals surface area contributed by atoms with Crippen molar-refractivity contribution in [2.45, 2.75) is 51.2 Å². The van der Waals surface area contributed by atoms with E-state index in [4.69, 9.17) is 5.11 Å². The fourth-order valence-electron chi connectivity index (χ4n) is 1.64. The van der Waals surface area contributed by atoms with Crippen LogP contribution >= 0.6 is 0 Å². The predicted octanol–water partition coefficient (Wildman–Crippen LogP) is 1.29. The van der Waals surface area contributed by atoms with E-state index in [0.717, 1.165) is 6.54 Å². The van der Waals surface area contributed by atoms with Crippen molar-refractivity contribution < 1.29 is 5.11 Å². The zero-order chi connectivity index (χ0) is 8.10. The number of hydrogen-bond donors (Lipinski definition) is 2. The molecule has 2 N–H and O–H groups in total. The Bertz CT molecular complexity index is 97.7. The van der Waals surface area contributed by atoms with E-state index in [1.807, 2.05) is 6.92 Å². The van der Waals surface area contributed by atoms with Crippen LogP contribution < -0.4 is 5.32 Å². The van der Waals surface area contributed by atoms with Gasteiger partial charge in [-0.05, 0) is 19.8 Å². The van der Waals surface area contributed by atoms with E-state index in [1.54, 1.807) is 0 Å². The molecule has 0 saturated heterocycles. The van der Waals surface area contributed by atoms with E-state index < -0.39 is 0 Å². The maximum atomic E-state index is 9.02. The van der Waals surface area contributed by atoms with E-state index in [0.29, 0.717) is 6.04 Å². The van der Waals surface area contributed by atoms with Crippen LogP contribution in [-0.2, 0) is 0 Å². The molecule has 1 fully saturated rings. The summed E-state index contributed by atoms with van der Waals surface area (Å²) in [5, 5.41) is 12.4. The largest absolute Gasteiger partial charge is 0.392 e. The second kappa shape index (κ2) is 4.73. The lowest BCUT2D eigenvalue weighted by Gasteiger charge is -2.23. The minimum Gasteiger partial charge on any atom is -0.392 e. The van der Waals surface area contributed by atoms with Crippen molar-refractivity contribution >= 4 is 0 Å². The van der Waals surface area contributed by atoms with Crippen molar-refractivity contribution in [2.24, 2.45) is 0 Å². The zero-order valence-corrected chi connectivity index (χ0v) is 7.34. The molecule has 0 aromatic heterocycles. The summed E-state index contributed by atoms with van der Waals surface area (Å²) in [5.41, 5.74) is 0. The minimum absolute atomic E-state index is 0.197. The first-order valence-corrected chi connectivity index (χ1v) is 4.70. The van der Waals surface area contributed by atoms with E-state index in [1.165, 1.54) is 32.1 Å². The first kappa shape index (κ1) is 9.01. The third-order valence-corrected chi connectivity index (χ3v) is 2.31. The van der Waals surface area contributed by atoms with Gasteiger partial charge in [-0.1, -0.05) is 19.3 Å². The van der Waals surface area contributed by atoms with Crippen LogP contribution in [0.1, 0.15) is 39.0 Å². The van der Waals surface area contributed by atoms with Crippen LogP contribution in [0.5, 0.6) is 0 Å². The molecule has 0 unspecified atom stereocenters. The maximum Gasteiger partial charge on any atom is 0.0636 e. The number of hydrogen-bond acceptors (Lipinski definition) is 2. The smallest absolute Gasteiger partial charge is 0.0636 e. The molecule has 0 aromatic carbocycles. The SMILES string of the molecule is C[C@@H](O)CNC1CCCCC1. The van der Waals surface area contributed by atoms with E-state index in [2.05, 4.69) is 5.32 Å². The maximum absolute atomic E-state index is 9.02. The van der Waals surface area contributed by atoms with Gasteiger partial charge in [0, 0.05) is 12.6 Å². The van der Waals surface area contributed by atoms with E-state index >= 15 is 0 Å². The highest BCUT2D eigenvalue weighted by Gasteiger charge is 2.12. The molecule has 1 rings (SSSR count). The van der Waals surface area contributed by atoms with Crippen molar-refractivity contribution in [1.82, 2.24) is 5.32 Å². The molecule has 2 heteroatoms. The molecule has 11 heavy (non-hydrogen) atoms. The summed E-state index contributed by atoms with van der Waals surface area (Å²) >= 11 is 0. The molecule has 0 spiro atoms. The highest BCUT2D eigenvalue weighted by atomic mass is 16.3. The number of rotatable bonds is 3. The summed E-state index contributed by atoms with van der Waals surface area (Å²) in [5.74, 6) is 0.